The lowest BCUT2D eigenvalue weighted by Gasteiger charge is -2.46. The Kier molecular flexibility index (Phi) is 17.2. The second-order valence-electron chi connectivity index (χ2n) is 46.1. The summed E-state index contributed by atoms with van der Waals surface area (Å²) >= 11 is 0. The van der Waals surface area contributed by atoms with Crippen molar-refractivity contribution in [3.63, 3.8) is 0 Å². The lowest BCUT2D eigenvalue weighted by molar-refractivity contribution is 0.410. The van der Waals surface area contributed by atoms with E-state index in [0.29, 0.717) is 180 Å². The molecule has 0 aliphatic carbocycles. The van der Waals surface area contributed by atoms with Crippen molar-refractivity contribution in [1.29, 1.82) is 0 Å². The van der Waals surface area contributed by atoms with Crippen LogP contribution in [0.15, 0.2) is 255 Å². The van der Waals surface area contributed by atoms with E-state index in [1.165, 1.54) is 0 Å². The SMILES string of the molecule is [2H]c1c([2H])c([2H])c2c(c1[2H])c1cc(CC(C)(C)C)ccc1n2-c1ccc2c(c1)N(c1c(-c3cccc(C([2H])([2H])C(C)(C)C)c3)cc(C([2H])([2H])C(C)(C)C)cc1-c1cccc(C([2H])([2H])C(C)(C)C)c1)c1cc(CC(C)(C)C)cc3c1B2c1ccc(-n2c4ccc(CC(C)(C)C)cc4c4c([2H])c([2H])c([2H])c([2H])c42)cc1N3c1c(-c2cccc(C([2H])([2H])C(C)(C)C)c2)cc(C([2H])([2H])C(C)(C)C)cc1-c1cccc(C([2H])([2H])C(C)(C)C)c1. The van der Waals surface area contributed by atoms with E-state index in [2.05, 4.69) is 121 Å². The fourth-order valence-electron chi connectivity index (χ4n) is 19.4. The van der Waals surface area contributed by atoms with Crippen LogP contribution in [0.25, 0.3) is 99.5 Å². The number of hydrogen-bond acceptors (Lipinski definition) is 2. The average molecular weight is 1710 g/mol. The van der Waals surface area contributed by atoms with Crippen LogP contribution >= 0.6 is 0 Å². The Morgan fingerprint density at radius 3 is 0.852 bits per heavy atom. The molecule has 0 bridgehead atoms. The normalized spacial score (nSPS) is 16.6. The van der Waals surface area contributed by atoms with Crippen molar-refractivity contribution in [3.8, 4) is 55.9 Å². The quantitative estimate of drug-likeness (QED) is 0.0845. The summed E-state index contributed by atoms with van der Waals surface area (Å²) in [4.78, 5) is 4.50. The molecular formula is C123H141BN4. The minimum Gasteiger partial charge on any atom is -0.310 e. The third kappa shape index (κ3) is 19.1. The number of benzene rings is 13. The highest BCUT2D eigenvalue weighted by Crippen LogP contribution is 2.56. The summed E-state index contributed by atoms with van der Waals surface area (Å²) in [6.07, 6.45) is -10.7. The Morgan fingerprint density at radius 2 is 0.547 bits per heavy atom. The molecule has 0 radical (unpaired) electrons. The molecule has 656 valence electrons. The number of rotatable bonds is 17. The first-order chi connectivity index (χ1) is 67.9. The van der Waals surface area contributed by atoms with Gasteiger partial charge in [0.25, 0.3) is 6.71 Å². The van der Waals surface area contributed by atoms with Gasteiger partial charge in [-0.1, -0.05) is 345 Å². The molecule has 0 unspecified atom stereocenters. The van der Waals surface area contributed by atoms with E-state index >= 15 is 0 Å². The van der Waals surface area contributed by atoms with Gasteiger partial charge in [0.2, 0.25) is 0 Å². The fourth-order valence-corrected chi connectivity index (χ4v) is 19.4. The van der Waals surface area contributed by atoms with E-state index in [0.717, 1.165) is 16.7 Å². The van der Waals surface area contributed by atoms with Crippen LogP contribution in [0.3, 0.4) is 0 Å². The van der Waals surface area contributed by atoms with Crippen molar-refractivity contribution in [2.24, 2.45) is 48.7 Å². The molecule has 128 heavy (non-hydrogen) atoms. The topological polar surface area (TPSA) is 16.3 Å². The van der Waals surface area contributed by atoms with Gasteiger partial charge in [0, 0.05) is 94.4 Å². The molecule has 0 fully saturated rings. The zero-order valence-electron chi connectivity index (χ0n) is 101. The first-order valence-corrected chi connectivity index (χ1v) is 45.9. The number of fused-ring (bicyclic) bond motifs is 10. The van der Waals surface area contributed by atoms with Gasteiger partial charge in [-0.3, -0.25) is 0 Å². The summed E-state index contributed by atoms with van der Waals surface area (Å²) in [7, 11) is 0. The van der Waals surface area contributed by atoms with E-state index in [1.54, 1.807) is 24.3 Å². The molecule has 15 aromatic rings. The van der Waals surface area contributed by atoms with Gasteiger partial charge in [-0.2, -0.15) is 0 Å². The maximum Gasteiger partial charge on any atom is 0.252 e. The van der Waals surface area contributed by atoms with E-state index < -0.39 is 107 Å². The minimum absolute atomic E-state index is 0.207. The second-order valence-corrected chi connectivity index (χ2v) is 46.1. The van der Waals surface area contributed by atoms with Gasteiger partial charge in [0.1, 0.15) is 0 Å². The average Bonchev–Trinajstić information content (AvgIpc) is 0.867. The maximum absolute atomic E-state index is 10.7. The number of aromatic nitrogens is 2. The Morgan fingerprint density at radius 1 is 0.250 bits per heavy atom. The van der Waals surface area contributed by atoms with Crippen LogP contribution in [-0.2, 0) is 57.5 Å². The van der Waals surface area contributed by atoms with Crippen molar-refractivity contribution in [3.05, 3.63) is 305 Å². The molecule has 2 aliphatic rings. The van der Waals surface area contributed by atoms with E-state index in [4.69, 9.17) is 0 Å². The van der Waals surface area contributed by atoms with E-state index in [9.17, 15) is 27.4 Å². The number of anilines is 6. The van der Waals surface area contributed by atoms with Crippen LogP contribution in [-0.4, -0.2) is 15.8 Å². The smallest absolute Gasteiger partial charge is 0.252 e. The summed E-state index contributed by atoms with van der Waals surface area (Å²) in [6, 6.07) is 63.7. The van der Waals surface area contributed by atoms with Crippen LogP contribution in [0.4, 0.5) is 34.1 Å². The fraction of sp³-hybridized carbons (Fsp3) is 0.366. The highest BCUT2D eigenvalue weighted by Gasteiger charge is 2.47. The van der Waals surface area contributed by atoms with Gasteiger partial charge in [-0.05, 0) is 292 Å². The van der Waals surface area contributed by atoms with Crippen molar-refractivity contribution < 1.29 is 27.4 Å². The number of para-hydroxylation sites is 2. The van der Waals surface area contributed by atoms with Crippen molar-refractivity contribution >= 4 is 101 Å². The molecule has 2 aromatic heterocycles. The van der Waals surface area contributed by atoms with Crippen LogP contribution < -0.4 is 26.2 Å². The number of hydrogen-bond donors (Lipinski definition) is 0. The molecular weight excluding hydrogens is 1540 g/mol. The molecule has 0 atom stereocenters. The Bertz CT molecular complexity index is 7310. The molecule has 0 N–H and O–H groups in total. The maximum atomic E-state index is 10.7. The van der Waals surface area contributed by atoms with Crippen LogP contribution in [0.5, 0.6) is 0 Å². The van der Waals surface area contributed by atoms with Crippen LogP contribution in [0, 0.1) is 48.7 Å². The van der Waals surface area contributed by atoms with Crippen LogP contribution in [0.2, 0.25) is 0 Å². The lowest BCUT2D eigenvalue weighted by Crippen LogP contribution is -2.61. The monoisotopic (exact) mass is 1710 g/mol. The van der Waals surface area contributed by atoms with E-state index in [-0.39, 0.29) is 57.2 Å². The summed E-state index contributed by atoms with van der Waals surface area (Å²) in [5.41, 5.74) is 8.93. The molecule has 17 rings (SSSR count). The molecule has 0 amide bonds. The van der Waals surface area contributed by atoms with Gasteiger partial charge in [0.15, 0.2) is 0 Å². The standard InChI is InChI=1S/C123H141BN4/c1-115(2,3)70-79-36-32-40-88(56-79)96-62-85(76-121(19,20)21)63-97(89-41-33-37-80(57-89)71-116(4,5)6)113(96)127-108-68-92(125-104-46-30-28-44-94(104)100-60-83(48-54-106(100)125)74-119(13,14)15)50-52-102(108)124-103-53-51-93(126-105-47-31-29-45-95(105)101-61-84(49-55-107(101)126)75-120(16,17)18)69-109(103)128(111-67-87(78-123(25,26)27)66-110(127)112(111)124)114-98(90-42-34-38-81(58-90)72-117(7,8)9)64-86(77-122(22,23)24)65-99(114)91-43-35-39-82(59-91)73-118(10,11)12/h28-69H,70-78H2,1-27H3/i28D,29D,30D,31D,44D,45D,46D,47D,70D2,71D2,72D2,73D2,76D2,77D2. The first kappa shape index (κ1) is 67.4. The van der Waals surface area contributed by atoms with Crippen molar-refractivity contribution in [1.82, 2.24) is 9.13 Å². The molecule has 0 saturated heterocycles. The Balaban J connectivity index is 1.16. The zero-order valence-corrected chi connectivity index (χ0v) is 80.6. The lowest BCUT2D eigenvalue weighted by atomic mass is 9.33. The first-order valence-electron chi connectivity index (χ1n) is 55.9. The van der Waals surface area contributed by atoms with Crippen LogP contribution in [0.1, 0.15) is 264 Å². The molecule has 2 aliphatic heterocycles. The van der Waals surface area contributed by atoms with Gasteiger partial charge in [-0.25, -0.2) is 0 Å². The van der Waals surface area contributed by atoms with Gasteiger partial charge in [-0.15, -0.1) is 0 Å². The third-order valence-electron chi connectivity index (χ3n) is 23.2. The number of nitrogens with zero attached hydrogens (tertiary/aromatic N) is 4. The molecule has 4 heterocycles. The molecule has 5 heteroatoms. The summed E-state index contributed by atoms with van der Waals surface area (Å²) in [5.74, 6) is 0. The minimum atomic E-state index is -2.17. The zero-order chi connectivity index (χ0) is 109. The largest absolute Gasteiger partial charge is 0.310 e. The summed E-state index contributed by atoms with van der Waals surface area (Å²) < 4.78 is 208. The van der Waals surface area contributed by atoms with Gasteiger partial charge in [0.05, 0.1) is 44.4 Å². The van der Waals surface area contributed by atoms with E-state index in [1.807, 2.05) is 267 Å². The van der Waals surface area contributed by atoms with Crippen molar-refractivity contribution in [2.45, 2.75) is 244 Å². The van der Waals surface area contributed by atoms with Crippen molar-refractivity contribution in [2.75, 3.05) is 9.80 Å². The van der Waals surface area contributed by atoms with Gasteiger partial charge < -0.3 is 18.9 Å². The highest BCUT2D eigenvalue weighted by atomic mass is 15.2. The van der Waals surface area contributed by atoms with Gasteiger partial charge >= 0.3 is 0 Å². The Labute approximate surface area is 796 Å². The summed E-state index contributed by atoms with van der Waals surface area (Å²) in [5, 5.41) is 1.82. The molecule has 0 saturated carbocycles. The summed E-state index contributed by atoms with van der Waals surface area (Å²) in [6.45, 7) is 52.1. The highest BCUT2D eigenvalue weighted by molar-refractivity contribution is 7.00. The Hall–Kier alpha value is -10.9. The predicted molar refractivity (Wildman–Crippen MR) is 559 cm³/mol. The molecule has 0 spiro atoms. The molecule has 13 aromatic carbocycles. The predicted octanol–water partition coefficient (Wildman–Crippen LogP) is 32.9. The second kappa shape index (κ2) is 32.6. The molecule has 4 nitrogen and oxygen atoms in total. The third-order valence-corrected chi connectivity index (χ3v) is 23.2.